The van der Waals surface area contributed by atoms with E-state index in [9.17, 15) is 4.79 Å². The first-order valence-electron chi connectivity index (χ1n) is 8.97. The van der Waals surface area contributed by atoms with Gasteiger partial charge in [0.15, 0.2) is 0 Å². The largest absolute Gasteiger partial charge is 0.367 e. The van der Waals surface area contributed by atoms with Gasteiger partial charge in [0.05, 0.1) is 17.1 Å². The number of hydrogen-bond donors (Lipinski definition) is 2. The molecule has 1 fully saturated rings. The highest BCUT2D eigenvalue weighted by Crippen LogP contribution is 2.34. The SMILES string of the molecule is CCn1cc(-c2ccc3c(NC4CC4)nc4cc[nH]c(=O)c4c3c2)cn1. The molecular formula is C20H19N5O. The molecule has 3 heterocycles. The van der Waals surface area contributed by atoms with Crippen LogP contribution in [0.25, 0.3) is 32.8 Å². The zero-order valence-corrected chi connectivity index (χ0v) is 14.5. The summed E-state index contributed by atoms with van der Waals surface area (Å²) in [6.45, 7) is 2.89. The molecule has 4 aromatic rings. The van der Waals surface area contributed by atoms with Crippen molar-refractivity contribution >= 4 is 27.5 Å². The molecule has 0 atom stereocenters. The number of H-pyrrole nitrogens is 1. The van der Waals surface area contributed by atoms with Crippen molar-refractivity contribution < 1.29 is 0 Å². The number of aromatic nitrogens is 4. The van der Waals surface area contributed by atoms with Crippen molar-refractivity contribution in [1.82, 2.24) is 19.7 Å². The van der Waals surface area contributed by atoms with Crippen molar-refractivity contribution in [2.75, 3.05) is 5.32 Å². The number of aromatic amines is 1. The Balaban J connectivity index is 1.79. The van der Waals surface area contributed by atoms with Gasteiger partial charge in [-0.2, -0.15) is 5.10 Å². The number of fused-ring (bicyclic) bond motifs is 3. The van der Waals surface area contributed by atoms with E-state index in [1.54, 1.807) is 6.20 Å². The smallest absolute Gasteiger partial charge is 0.258 e. The number of rotatable bonds is 4. The first-order chi connectivity index (χ1) is 12.7. The first kappa shape index (κ1) is 15.1. The van der Waals surface area contributed by atoms with Gasteiger partial charge in [-0.15, -0.1) is 0 Å². The maximum absolute atomic E-state index is 12.5. The molecule has 0 amide bonds. The normalized spacial score (nSPS) is 14.2. The van der Waals surface area contributed by atoms with Crippen LogP contribution >= 0.6 is 0 Å². The van der Waals surface area contributed by atoms with Gasteiger partial charge in [-0.3, -0.25) is 9.48 Å². The molecule has 0 radical (unpaired) electrons. The van der Waals surface area contributed by atoms with E-state index in [1.807, 2.05) is 23.1 Å². The Morgan fingerprint density at radius 1 is 1.23 bits per heavy atom. The molecule has 1 aliphatic rings. The summed E-state index contributed by atoms with van der Waals surface area (Å²) in [5.41, 5.74) is 2.69. The monoisotopic (exact) mass is 345 g/mol. The molecule has 3 aromatic heterocycles. The number of hydrogen-bond acceptors (Lipinski definition) is 4. The van der Waals surface area contributed by atoms with Crippen LogP contribution in [-0.2, 0) is 6.54 Å². The lowest BCUT2D eigenvalue weighted by Gasteiger charge is -2.11. The molecule has 2 N–H and O–H groups in total. The fourth-order valence-corrected chi connectivity index (χ4v) is 3.36. The van der Waals surface area contributed by atoms with Crippen LogP contribution in [0.4, 0.5) is 5.82 Å². The van der Waals surface area contributed by atoms with E-state index in [1.165, 1.54) is 12.8 Å². The number of nitrogens with one attached hydrogen (secondary N) is 2. The molecule has 0 unspecified atom stereocenters. The first-order valence-corrected chi connectivity index (χ1v) is 8.97. The topological polar surface area (TPSA) is 75.6 Å². The summed E-state index contributed by atoms with van der Waals surface area (Å²) in [7, 11) is 0. The minimum Gasteiger partial charge on any atom is -0.367 e. The summed E-state index contributed by atoms with van der Waals surface area (Å²) in [6, 6.07) is 8.55. The quantitative estimate of drug-likeness (QED) is 0.555. The molecule has 5 rings (SSSR count). The molecule has 130 valence electrons. The van der Waals surface area contributed by atoms with Crippen LogP contribution < -0.4 is 10.9 Å². The average molecular weight is 345 g/mol. The van der Waals surface area contributed by atoms with Gasteiger partial charge in [0.1, 0.15) is 5.82 Å². The summed E-state index contributed by atoms with van der Waals surface area (Å²) in [5.74, 6) is 0.858. The van der Waals surface area contributed by atoms with Crippen LogP contribution in [0.3, 0.4) is 0 Å². The number of anilines is 1. The molecule has 26 heavy (non-hydrogen) atoms. The van der Waals surface area contributed by atoms with Gasteiger partial charge in [0, 0.05) is 41.3 Å². The van der Waals surface area contributed by atoms with Gasteiger partial charge in [-0.25, -0.2) is 4.98 Å². The molecule has 1 saturated carbocycles. The summed E-state index contributed by atoms with van der Waals surface area (Å²) >= 11 is 0. The molecule has 0 bridgehead atoms. The lowest BCUT2D eigenvalue weighted by atomic mass is 10.0. The summed E-state index contributed by atoms with van der Waals surface area (Å²) in [4.78, 5) is 20.0. The molecule has 6 nitrogen and oxygen atoms in total. The van der Waals surface area contributed by atoms with Crippen molar-refractivity contribution in [3.63, 3.8) is 0 Å². The fraction of sp³-hybridized carbons (Fsp3) is 0.250. The molecule has 1 aliphatic carbocycles. The Hall–Kier alpha value is -3.15. The van der Waals surface area contributed by atoms with E-state index >= 15 is 0 Å². The van der Waals surface area contributed by atoms with E-state index in [0.717, 1.165) is 34.3 Å². The van der Waals surface area contributed by atoms with Gasteiger partial charge in [0.25, 0.3) is 5.56 Å². The molecule has 0 spiro atoms. The maximum atomic E-state index is 12.5. The standard InChI is InChI=1S/C20H19N5O/c1-2-25-11-13(10-22-25)12-3-6-15-16(9-12)18-17(7-8-21-20(18)26)24-19(15)23-14-4-5-14/h3,6-11,14H,2,4-5H2,1H3,(H,21,26)(H,23,24). The van der Waals surface area contributed by atoms with E-state index in [-0.39, 0.29) is 5.56 Å². The highest BCUT2D eigenvalue weighted by molar-refractivity contribution is 6.10. The predicted octanol–water partition coefficient (Wildman–Crippen LogP) is 3.53. The van der Waals surface area contributed by atoms with E-state index in [2.05, 4.69) is 40.5 Å². The Labute approximate surface area is 149 Å². The van der Waals surface area contributed by atoms with Crippen molar-refractivity contribution in [1.29, 1.82) is 0 Å². The number of pyridine rings is 2. The van der Waals surface area contributed by atoms with Crippen LogP contribution in [0, 0.1) is 0 Å². The Kier molecular flexibility index (Phi) is 3.31. The summed E-state index contributed by atoms with van der Waals surface area (Å²) in [5, 5.41) is 10.4. The lowest BCUT2D eigenvalue weighted by molar-refractivity contribution is 0.660. The molecular weight excluding hydrogens is 326 g/mol. The second kappa shape index (κ2) is 5.69. The van der Waals surface area contributed by atoms with Crippen LogP contribution in [0.2, 0.25) is 0 Å². The van der Waals surface area contributed by atoms with E-state index in [0.29, 0.717) is 16.9 Å². The van der Waals surface area contributed by atoms with Crippen molar-refractivity contribution in [3.8, 4) is 11.1 Å². The van der Waals surface area contributed by atoms with Crippen molar-refractivity contribution in [2.45, 2.75) is 32.4 Å². The van der Waals surface area contributed by atoms with Crippen molar-refractivity contribution in [3.05, 3.63) is 53.2 Å². The molecule has 0 aliphatic heterocycles. The molecule has 1 aromatic carbocycles. The Bertz CT molecular complexity index is 1190. The zero-order chi connectivity index (χ0) is 17.7. The number of nitrogens with zero attached hydrogens (tertiary/aromatic N) is 3. The highest BCUT2D eigenvalue weighted by Gasteiger charge is 2.23. The van der Waals surface area contributed by atoms with Crippen LogP contribution in [-0.4, -0.2) is 25.8 Å². The average Bonchev–Trinajstić information content (AvgIpc) is 3.34. The number of aryl methyl sites for hydroxylation is 1. The predicted molar refractivity (Wildman–Crippen MR) is 103 cm³/mol. The maximum Gasteiger partial charge on any atom is 0.258 e. The third kappa shape index (κ3) is 2.45. The van der Waals surface area contributed by atoms with Crippen LogP contribution in [0.1, 0.15) is 19.8 Å². The minimum atomic E-state index is -0.112. The highest BCUT2D eigenvalue weighted by atomic mass is 16.1. The lowest BCUT2D eigenvalue weighted by Crippen LogP contribution is -2.09. The Morgan fingerprint density at radius 2 is 2.12 bits per heavy atom. The third-order valence-electron chi connectivity index (χ3n) is 4.92. The zero-order valence-electron chi connectivity index (χ0n) is 14.5. The van der Waals surface area contributed by atoms with Gasteiger partial charge < -0.3 is 10.3 Å². The summed E-state index contributed by atoms with van der Waals surface area (Å²) in [6.07, 6.45) is 7.88. The fourth-order valence-electron chi connectivity index (χ4n) is 3.36. The second-order valence-electron chi connectivity index (χ2n) is 6.79. The van der Waals surface area contributed by atoms with E-state index < -0.39 is 0 Å². The number of benzene rings is 1. The van der Waals surface area contributed by atoms with Gasteiger partial charge >= 0.3 is 0 Å². The summed E-state index contributed by atoms with van der Waals surface area (Å²) < 4.78 is 1.90. The Morgan fingerprint density at radius 3 is 2.88 bits per heavy atom. The van der Waals surface area contributed by atoms with Gasteiger partial charge in [-0.05, 0) is 37.5 Å². The van der Waals surface area contributed by atoms with Crippen molar-refractivity contribution in [2.24, 2.45) is 0 Å². The van der Waals surface area contributed by atoms with Gasteiger partial charge in [-0.1, -0.05) is 12.1 Å². The van der Waals surface area contributed by atoms with Crippen LogP contribution in [0.15, 0.2) is 47.7 Å². The van der Waals surface area contributed by atoms with Crippen LogP contribution in [0.5, 0.6) is 0 Å². The minimum absolute atomic E-state index is 0.112. The third-order valence-corrected chi connectivity index (χ3v) is 4.92. The van der Waals surface area contributed by atoms with Gasteiger partial charge in [0.2, 0.25) is 0 Å². The van der Waals surface area contributed by atoms with E-state index in [4.69, 9.17) is 4.98 Å². The molecule has 0 saturated heterocycles. The second-order valence-corrected chi connectivity index (χ2v) is 6.79. The molecule has 6 heteroatoms.